The van der Waals surface area contributed by atoms with Crippen molar-refractivity contribution in [1.82, 2.24) is 10.3 Å². The van der Waals surface area contributed by atoms with Gasteiger partial charge in [0.25, 0.3) is 0 Å². The van der Waals surface area contributed by atoms with Gasteiger partial charge >= 0.3 is 5.76 Å². The number of aromatic amines is 1. The molecule has 5 heteroatoms. The molecule has 18 heavy (non-hydrogen) atoms. The van der Waals surface area contributed by atoms with Crippen LogP contribution in [0, 0.1) is 5.82 Å². The number of fused-ring (bicyclic) bond motifs is 3. The number of oxazole rings is 1. The van der Waals surface area contributed by atoms with Crippen molar-refractivity contribution in [3.63, 3.8) is 0 Å². The number of halogens is 1. The fourth-order valence-corrected chi connectivity index (χ4v) is 3.44. The van der Waals surface area contributed by atoms with Gasteiger partial charge in [-0.05, 0) is 37.0 Å². The number of rotatable bonds is 1. The fourth-order valence-electron chi connectivity index (χ4n) is 3.44. The van der Waals surface area contributed by atoms with Gasteiger partial charge in [-0.2, -0.15) is 0 Å². The minimum absolute atomic E-state index is 0.167. The Bertz CT molecular complexity index is 675. The molecule has 2 bridgehead atoms. The Labute approximate surface area is 102 Å². The van der Waals surface area contributed by atoms with Crippen LogP contribution in [0.3, 0.4) is 0 Å². The SMILES string of the molecule is O=c1[nH]c2c(F)cc(C3CC4CCC3N4)cc2o1. The molecule has 2 saturated heterocycles. The van der Waals surface area contributed by atoms with E-state index in [1.165, 1.54) is 12.5 Å². The van der Waals surface area contributed by atoms with Crippen molar-refractivity contribution in [3.8, 4) is 0 Å². The molecule has 2 fully saturated rings. The smallest absolute Gasteiger partial charge is 0.408 e. The predicted molar refractivity (Wildman–Crippen MR) is 64.1 cm³/mol. The highest BCUT2D eigenvalue weighted by Crippen LogP contribution is 2.40. The van der Waals surface area contributed by atoms with E-state index in [0.717, 1.165) is 18.4 Å². The third-order valence-electron chi connectivity index (χ3n) is 4.23. The van der Waals surface area contributed by atoms with E-state index in [1.807, 2.05) is 0 Å². The first-order valence-corrected chi connectivity index (χ1v) is 6.29. The van der Waals surface area contributed by atoms with Crippen LogP contribution in [0.15, 0.2) is 21.3 Å². The van der Waals surface area contributed by atoms with E-state index in [2.05, 4.69) is 10.3 Å². The van der Waals surface area contributed by atoms with Crippen LogP contribution in [0.25, 0.3) is 11.1 Å². The third-order valence-corrected chi connectivity index (χ3v) is 4.23. The lowest BCUT2D eigenvalue weighted by molar-refractivity contribution is 0.502. The maximum absolute atomic E-state index is 13.9. The van der Waals surface area contributed by atoms with Crippen LogP contribution in [0.1, 0.15) is 30.7 Å². The summed E-state index contributed by atoms with van der Waals surface area (Å²) < 4.78 is 18.9. The van der Waals surface area contributed by atoms with Crippen LogP contribution in [-0.4, -0.2) is 17.1 Å². The van der Waals surface area contributed by atoms with Crippen molar-refractivity contribution in [3.05, 3.63) is 34.1 Å². The van der Waals surface area contributed by atoms with Crippen LogP contribution in [-0.2, 0) is 0 Å². The first kappa shape index (κ1) is 10.3. The zero-order chi connectivity index (χ0) is 12.3. The lowest BCUT2D eigenvalue weighted by Crippen LogP contribution is -2.21. The van der Waals surface area contributed by atoms with Gasteiger partial charge in [-0.3, -0.25) is 4.98 Å². The summed E-state index contributed by atoms with van der Waals surface area (Å²) >= 11 is 0. The van der Waals surface area contributed by atoms with Gasteiger partial charge in [0, 0.05) is 18.0 Å². The second-order valence-electron chi connectivity index (χ2n) is 5.28. The average molecular weight is 248 g/mol. The molecule has 0 radical (unpaired) electrons. The molecule has 4 nitrogen and oxygen atoms in total. The van der Waals surface area contributed by atoms with Crippen molar-refractivity contribution in [2.75, 3.05) is 0 Å². The first-order chi connectivity index (χ1) is 8.70. The van der Waals surface area contributed by atoms with Crippen molar-refractivity contribution >= 4 is 11.1 Å². The molecule has 0 aliphatic carbocycles. The minimum atomic E-state index is -0.605. The molecule has 94 valence electrons. The molecule has 0 saturated carbocycles. The van der Waals surface area contributed by atoms with Gasteiger partial charge < -0.3 is 9.73 Å². The van der Waals surface area contributed by atoms with Crippen LogP contribution in [0.4, 0.5) is 4.39 Å². The maximum Gasteiger partial charge on any atom is 0.417 e. The van der Waals surface area contributed by atoms with E-state index in [-0.39, 0.29) is 5.52 Å². The molecule has 2 aromatic rings. The summed E-state index contributed by atoms with van der Waals surface area (Å²) in [5.41, 5.74) is 1.42. The van der Waals surface area contributed by atoms with E-state index >= 15 is 0 Å². The Hall–Kier alpha value is -1.62. The highest BCUT2D eigenvalue weighted by Gasteiger charge is 2.40. The van der Waals surface area contributed by atoms with Gasteiger partial charge in [0.2, 0.25) is 0 Å². The Morgan fingerprint density at radius 2 is 2.22 bits per heavy atom. The van der Waals surface area contributed by atoms with E-state index in [1.54, 1.807) is 6.07 Å². The Balaban J connectivity index is 1.83. The summed E-state index contributed by atoms with van der Waals surface area (Å²) in [5.74, 6) is -0.675. The van der Waals surface area contributed by atoms with Crippen molar-refractivity contribution in [2.45, 2.75) is 37.3 Å². The predicted octanol–water partition coefficient (Wildman–Crippen LogP) is 1.87. The van der Waals surface area contributed by atoms with Gasteiger partial charge in [-0.1, -0.05) is 0 Å². The summed E-state index contributed by atoms with van der Waals surface area (Å²) in [6, 6.07) is 4.33. The molecule has 3 heterocycles. The van der Waals surface area contributed by atoms with Gasteiger partial charge in [-0.25, -0.2) is 9.18 Å². The monoisotopic (exact) mass is 248 g/mol. The Morgan fingerprint density at radius 1 is 1.33 bits per heavy atom. The fraction of sp³-hybridized carbons (Fsp3) is 0.462. The van der Waals surface area contributed by atoms with Crippen LogP contribution in [0.5, 0.6) is 0 Å². The van der Waals surface area contributed by atoms with E-state index in [0.29, 0.717) is 23.6 Å². The first-order valence-electron chi connectivity index (χ1n) is 6.29. The summed E-state index contributed by atoms with van der Waals surface area (Å²) in [6.45, 7) is 0. The number of nitrogens with one attached hydrogen (secondary N) is 2. The van der Waals surface area contributed by atoms with Crippen LogP contribution < -0.4 is 11.1 Å². The number of hydrogen-bond donors (Lipinski definition) is 2. The molecule has 1 aromatic heterocycles. The molecule has 3 atom stereocenters. The molecule has 0 amide bonds. The second kappa shape index (κ2) is 3.45. The molecular formula is C13H13FN2O2. The van der Waals surface area contributed by atoms with Gasteiger partial charge in [0.05, 0.1) is 0 Å². The summed E-state index contributed by atoms with van der Waals surface area (Å²) in [5, 5.41) is 3.53. The van der Waals surface area contributed by atoms with Crippen molar-refractivity contribution in [1.29, 1.82) is 0 Å². The molecule has 2 aliphatic rings. The van der Waals surface area contributed by atoms with Gasteiger partial charge in [0.1, 0.15) is 5.52 Å². The van der Waals surface area contributed by atoms with Gasteiger partial charge in [0.15, 0.2) is 11.4 Å². The molecule has 2 aliphatic heterocycles. The quantitative estimate of drug-likeness (QED) is 0.810. The number of hydrogen-bond acceptors (Lipinski definition) is 3. The van der Waals surface area contributed by atoms with Crippen LogP contribution >= 0.6 is 0 Å². The Morgan fingerprint density at radius 3 is 2.94 bits per heavy atom. The van der Waals surface area contributed by atoms with Crippen LogP contribution in [0.2, 0.25) is 0 Å². The summed E-state index contributed by atoms with van der Waals surface area (Å²) in [7, 11) is 0. The third kappa shape index (κ3) is 1.37. The average Bonchev–Trinajstić information content (AvgIpc) is 3.01. The molecule has 4 rings (SSSR count). The summed E-state index contributed by atoms with van der Waals surface area (Å²) in [6.07, 6.45) is 3.40. The minimum Gasteiger partial charge on any atom is -0.408 e. The second-order valence-corrected chi connectivity index (χ2v) is 5.28. The highest BCUT2D eigenvalue weighted by atomic mass is 19.1. The maximum atomic E-state index is 13.9. The zero-order valence-corrected chi connectivity index (χ0v) is 9.70. The zero-order valence-electron chi connectivity index (χ0n) is 9.70. The highest BCUT2D eigenvalue weighted by molar-refractivity contribution is 5.74. The molecule has 3 unspecified atom stereocenters. The largest absolute Gasteiger partial charge is 0.417 e. The molecule has 0 spiro atoms. The van der Waals surface area contributed by atoms with Crippen molar-refractivity contribution < 1.29 is 8.81 Å². The lowest BCUT2D eigenvalue weighted by atomic mass is 9.84. The number of aromatic nitrogens is 1. The van der Waals surface area contributed by atoms with E-state index in [9.17, 15) is 9.18 Å². The molecular weight excluding hydrogens is 235 g/mol. The topological polar surface area (TPSA) is 58.0 Å². The lowest BCUT2D eigenvalue weighted by Gasteiger charge is -2.20. The van der Waals surface area contributed by atoms with E-state index < -0.39 is 11.6 Å². The van der Waals surface area contributed by atoms with Gasteiger partial charge in [-0.15, -0.1) is 0 Å². The molecule has 2 N–H and O–H groups in total. The Kier molecular flexibility index (Phi) is 1.97. The molecule has 1 aromatic carbocycles. The summed E-state index contributed by atoms with van der Waals surface area (Å²) in [4.78, 5) is 13.5. The van der Waals surface area contributed by atoms with E-state index in [4.69, 9.17) is 4.42 Å². The van der Waals surface area contributed by atoms with Crippen molar-refractivity contribution in [2.24, 2.45) is 0 Å². The normalized spacial score (nSPS) is 30.4. The standard InChI is InChI=1S/C13H13FN2O2/c14-9-3-6(4-11-12(9)16-13(17)18-11)8-5-7-1-2-10(8)15-7/h3-4,7-8,10,15H,1-2,5H2,(H,16,17). The number of H-pyrrole nitrogens is 1. The number of benzene rings is 1.